The van der Waals surface area contributed by atoms with Gasteiger partial charge in [0.15, 0.2) is 0 Å². The summed E-state index contributed by atoms with van der Waals surface area (Å²) in [6.45, 7) is 3.72. The van der Waals surface area contributed by atoms with Gasteiger partial charge in [-0.15, -0.1) is 0 Å². The van der Waals surface area contributed by atoms with Gasteiger partial charge in [-0.25, -0.2) is 4.79 Å². The quantitative estimate of drug-likeness (QED) is 0.711. The first-order valence-electron chi connectivity index (χ1n) is 8.35. The minimum Gasteiger partial charge on any atom is -0.480 e. The highest BCUT2D eigenvalue weighted by molar-refractivity contribution is 5.99. The van der Waals surface area contributed by atoms with Crippen molar-refractivity contribution in [2.24, 2.45) is 0 Å². The molecule has 26 heavy (non-hydrogen) atoms. The predicted molar refractivity (Wildman–Crippen MR) is 98.1 cm³/mol. The maximum Gasteiger partial charge on any atom is 0.326 e. The summed E-state index contributed by atoms with van der Waals surface area (Å²) in [6, 6.07) is 14.2. The van der Waals surface area contributed by atoms with Crippen LogP contribution in [-0.2, 0) is 11.2 Å². The Morgan fingerprint density at radius 1 is 0.846 bits per heavy atom. The van der Waals surface area contributed by atoms with E-state index in [-0.39, 0.29) is 18.4 Å². The molecule has 0 aliphatic heterocycles. The van der Waals surface area contributed by atoms with Crippen LogP contribution in [0.5, 0.6) is 0 Å². The van der Waals surface area contributed by atoms with Crippen LogP contribution < -0.4 is 10.6 Å². The molecule has 6 heteroatoms. The molecule has 0 saturated carbocycles. The molecule has 0 radical (unpaired) electrons. The molecule has 3 N–H and O–H groups in total. The lowest BCUT2D eigenvalue weighted by Crippen LogP contribution is -2.42. The molecule has 0 saturated heterocycles. The Labute approximate surface area is 152 Å². The van der Waals surface area contributed by atoms with Gasteiger partial charge in [0.05, 0.1) is 0 Å². The number of carboxylic acids is 1. The van der Waals surface area contributed by atoms with Gasteiger partial charge in [0.1, 0.15) is 6.04 Å². The van der Waals surface area contributed by atoms with E-state index in [0.29, 0.717) is 11.1 Å². The summed E-state index contributed by atoms with van der Waals surface area (Å²) in [5.74, 6) is -1.82. The predicted octanol–water partition coefficient (Wildman–Crippen LogP) is 2.25. The lowest BCUT2D eigenvalue weighted by Gasteiger charge is -2.15. The molecular formula is C20H22N2O4. The summed E-state index contributed by atoms with van der Waals surface area (Å²) >= 11 is 0. The van der Waals surface area contributed by atoms with E-state index in [1.54, 1.807) is 12.1 Å². The summed E-state index contributed by atoms with van der Waals surface area (Å²) in [5, 5.41) is 14.7. The van der Waals surface area contributed by atoms with Gasteiger partial charge in [-0.1, -0.05) is 30.3 Å². The van der Waals surface area contributed by atoms with Crippen LogP contribution in [-0.4, -0.2) is 35.0 Å². The summed E-state index contributed by atoms with van der Waals surface area (Å²) in [7, 11) is 0. The molecule has 6 nitrogen and oxygen atoms in total. The zero-order valence-corrected chi connectivity index (χ0v) is 14.7. The number of rotatable bonds is 7. The van der Waals surface area contributed by atoms with Gasteiger partial charge in [0.2, 0.25) is 0 Å². The molecule has 2 aromatic carbocycles. The zero-order chi connectivity index (χ0) is 19.1. The standard InChI is InChI=1S/C20H22N2O4/c1-13(2)21-18(23)15-8-10-16(11-9-15)19(24)22-17(20(25)26)12-14-6-4-3-5-7-14/h3-11,13,17H,12H2,1-2H3,(H,21,23)(H,22,24)(H,25,26). The minimum absolute atomic E-state index is 0.0137. The maximum atomic E-state index is 12.3. The van der Waals surface area contributed by atoms with Gasteiger partial charge in [0.25, 0.3) is 11.8 Å². The van der Waals surface area contributed by atoms with E-state index >= 15 is 0 Å². The van der Waals surface area contributed by atoms with Crippen molar-refractivity contribution in [2.45, 2.75) is 32.4 Å². The Balaban J connectivity index is 2.05. The average molecular weight is 354 g/mol. The van der Waals surface area contributed by atoms with Crippen molar-refractivity contribution in [3.05, 3.63) is 71.3 Å². The van der Waals surface area contributed by atoms with Crippen LogP contribution in [0, 0.1) is 0 Å². The molecule has 2 rings (SSSR count). The van der Waals surface area contributed by atoms with Crippen molar-refractivity contribution in [3.63, 3.8) is 0 Å². The molecular weight excluding hydrogens is 332 g/mol. The van der Waals surface area contributed by atoms with E-state index in [1.165, 1.54) is 12.1 Å². The second kappa shape index (κ2) is 8.80. The number of nitrogens with one attached hydrogen (secondary N) is 2. The minimum atomic E-state index is -1.10. The van der Waals surface area contributed by atoms with Gasteiger partial charge in [-0.3, -0.25) is 9.59 Å². The molecule has 0 aliphatic rings. The van der Waals surface area contributed by atoms with Gasteiger partial charge in [-0.05, 0) is 43.7 Å². The van der Waals surface area contributed by atoms with E-state index < -0.39 is 17.9 Å². The Hall–Kier alpha value is -3.15. The molecule has 136 valence electrons. The highest BCUT2D eigenvalue weighted by atomic mass is 16.4. The monoisotopic (exact) mass is 354 g/mol. The van der Waals surface area contributed by atoms with Crippen molar-refractivity contribution in [1.82, 2.24) is 10.6 Å². The highest BCUT2D eigenvalue weighted by Crippen LogP contribution is 2.08. The van der Waals surface area contributed by atoms with Crippen LogP contribution in [0.25, 0.3) is 0 Å². The molecule has 0 heterocycles. The topological polar surface area (TPSA) is 95.5 Å². The SMILES string of the molecule is CC(C)NC(=O)c1ccc(C(=O)NC(Cc2ccccc2)C(=O)O)cc1. The van der Waals surface area contributed by atoms with Crippen LogP contribution in [0.15, 0.2) is 54.6 Å². The number of carbonyl (C=O) groups is 3. The number of carboxylic acid groups (broad SMARTS) is 1. The Kier molecular flexibility index (Phi) is 6.49. The van der Waals surface area contributed by atoms with E-state index in [9.17, 15) is 19.5 Å². The third-order valence-electron chi connectivity index (χ3n) is 3.72. The smallest absolute Gasteiger partial charge is 0.326 e. The second-order valence-corrected chi connectivity index (χ2v) is 6.26. The van der Waals surface area contributed by atoms with Crippen LogP contribution in [0.1, 0.15) is 40.1 Å². The maximum absolute atomic E-state index is 12.3. The first kappa shape index (κ1) is 19.2. The zero-order valence-electron chi connectivity index (χ0n) is 14.7. The number of hydrogen-bond acceptors (Lipinski definition) is 3. The lowest BCUT2D eigenvalue weighted by molar-refractivity contribution is -0.139. The molecule has 1 atom stereocenters. The molecule has 0 bridgehead atoms. The summed E-state index contributed by atoms with van der Waals surface area (Å²) in [4.78, 5) is 35.7. The third kappa shape index (κ3) is 5.44. The first-order chi connectivity index (χ1) is 12.4. The Morgan fingerprint density at radius 3 is 1.81 bits per heavy atom. The van der Waals surface area contributed by atoms with E-state index in [4.69, 9.17) is 0 Å². The number of carbonyl (C=O) groups excluding carboxylic acids is 2. The molecule has 0 aromatic heterocycles. The summed E-state index contributed by atoms with van der Waals surface area (Å²) < 4.78 is 0. The number of amides is 2. The Bertz CT molecular complexity index is 770. The number of hydrogen-bond donors (Lipinski definition) is 3. The van der Waals surface area contributed by atoms with Gasteiger partial charge >= 0.3 is 5.97 Å². The van der Waals surface area contributed by atoms with Crippen molar-refractivity contribution in [1.29, 1.82) is 0 Å². The third-order valence-corrected chi connectivity index (χ3v) is 3.72. The first-order valence-corrected chi connectivity index (χ1v) is 8.35. The van der Waals surface area contributed by atoms with Crippen LogP contribution in [0.2, 0.25) is 0 Å². The van der Waals surface area contributed by atoms with Gasteiger partial charge in [0, 0.05) is 23.6 Å². The fourth-order valence-electron chi connectivity index (χ4n) is 2.41. The molecule has 2 amide bonds. The van der Waals surface area contributed by atoms with Crippen LogP contribution in [0.4, 0.5) is 0 Å². The summed E-state index contributed by atoms with van der Waals surface area (Å²) in [6.07, 6.45) is 0.191. The Morgan fingerprint density at radius 2 is 1.35 bits per heavy atom. The normalized spacial score (nSPS) is 11.7. The average Bonchev–Trinajstić information content (AvgIpc) is 2.61. The lowest BCUT2D eigenvalue weighted by atomic mass is 10.0. The van der Waals surface area contributed by atoms with Gasteiger partial charge < -0.3 is 15.7 Å². The van der Waals surface area contributed by atoms with Crippen molar-refractivity contribution in [3.8, 4) is 0 Å². The molecule has 0 aliphatic carbocycles. The van der Waals surface area contributed by atoms with Crippen molar-refractivity contribution in [2.75, 3.05) is 0 Å². The highest BCUT2D eigenvalue weighted by Gasteiger charge is 2.21. The number of aliphatic carboxylic acids is 1. The molecule has 2 aromatic rings. The van der Waals surface area contributed by atoms with Crippen molar-refractivity contribution < 1.29 is 19.5 Å². The summed E-state index contributed by atoms with van der Waals surface area (Å²) in [5.41, 5.74) is 1.56. The molecule has 1 unspecified atom stereocenters. The fraction of sp³-hybridized carbons (Fsp3) is 0.250. The second-order valence-electron chi connectivity index (χ2n) is 6.26. The molecule has 0 fully saturated rings. The largest absolute Gasteiger partial charge is 0.480 e. The van der Waals surface area contributed by atoms with E-state index in [1.807, 2.05) is 44.2 Å². The fourth-order valence-corrected chi connectivity index (χ4v) is 2.41. The van der Waals surface area contributed by atoms with Gasteiger partial charge in [-0.2, -0.15) is 0 Å². The van der Waals surface area contributed by atoms with Crippen LogP contribution in [0.3, 0.4) is 0 Å². The molecule has 0 spiro atoms. The van der Waals surface area contributed by atoms with Crippen molar-refractivity contribution >= 4 is 17.8 Å². The van der Waals surface area contributed by atoms with E-state index in [2.05, 4.69) is 10.6 Å². The van der Waals surface area contributed by atoms with E-state index in [0.717, 1.165) is 5.56 Å². The number of benzene rings is 2. The van der Waals surface area contributed by atoms with Crippen LogP contribution >= 0.6 is 0 Å².